The molecule has 0 unspecified atom stereocenters. The molecule has 0 bridgehead atoms. The SMILES string of the molecule is N#C/C(=C(/N)c1c(F)cccc1F)c1ccncc1. The van der Waals surface area contributed by atoms with Crippen molar-refractivity contribution in [1.82, 2.24) is 4.98 Å². The van der Waals surface area contributed by atoms with E-state index in [1.807, 2.05) is 6.07 Å². The van der Waals surface area contributed by atoms with E-state index in [4.69, 9.17) is 11.0 Å². The van der Waals surface area contributed by atoms with Crippen LogP contribution < -0.4 is 5.73 Å². The van der Waals surface area contributed by atoms with Crippen molar-refractivity contribution in [2.45, 2.75) is 0 Å². The molecule has 1 aromatic heterocycles. The Morgan fingerprint density at radius 1 is 1.11 bits per heavy atom. The third-order valence-electron chi connectivity index (χ3n) is 2.58. The zero-order valence-electron chi connectivity index (χ0n) is 9.77. The summed E-state index contributed by atoms with van der Waals surface area (Å²) in [5.74, 6) is -1.61. The van der Waals surface area contributed by atoms with E-state index in [2.05, 4.69) is 4.98 Å². The lowest BCUT2D eigenvalue weighted by Crippen LogP contribution is -2.05. The summed E-state index contributed by atoms with van der Waals surface area (Å²) in [6.45, 7) is 0. The highest BCUT2D eigenvalue weighted by Crippen LogP contribution is 2.25. The van der Waals surface area contributed by atoms with Crippen molar-refractivity contribution in [3.05, 3.63) is 65.5 Å². The van der Waals surface area contributed by atoms with E-state index in [-0.39, 0.29) is 11.3 Å². The van der Waals surface area contributed by atoms with Gasteiger partial charge in [-0.2, -0.15) is 5.26 Å². The maximum atomic E-state index is 13.6. The van der Waals surface area contributed by atoms with Crippen LogP contribution in [0.5, 0.6) is 0 Å². The molecule has 1 heterocycles. The van der Waals surface area contributed by atoms with E-state index >= 15 is 0 Å². The second-order valence-corrected chi connectivity index (χ2v) is 3.73. The first-order valence-corrected chi connectivity index (χ1v) is 5.39. The van der Waals surface area contributed by atoms with Crippen molar-refractivity contribution in [2.75, 3.05) is 0 Å². The number of halogens is 2. The van der Waals surface area contributed by atoms with Gasteiger partial charge in [0.05, 0.1) is 16.8 Å². The zero-order valence-corrected chi connectivity index (χ0v) is 9.77. The molecule has 0 atom stereocenters. The highest BCUT2D eigenvalue weighted by atomic mass is 19.1. The summed E-state index contributed by atoms with van der Waals surface area (Å²) in [5.41, 5.74) is 5.58. The van der Waals surface area contributed by atoms with Gasteiger partial charge in [0.1, 0.15) is 17.7 Å². The van der Waals surface area contributed by atoms with Crippen molar-refractivity contribution in [1.29, 1.82) is 5.26 Å². The fourth-order valence-electron chi connectivity index (χ4n) is 1.68. The minimum absolute atomic E-state index is 0.00593. The average Bonchev–Trinajstić information content (AvgIpc) is 2.40. The van der Waals surface area contributed by atoms with Crippen LogP contribution in [0, 0.1) is 23.0 Å². The van der Waals surface area contributed by atoms with Gasteiger partial charge < -0.3 is 5.73 Å². The number of nitrogens with two attached hydrogens (primary N) is 1. The molecule has 3 nitrogen and oxygen atoms in total. The third kappa shape index (κ3) is 2.43. The Morgan fingerprint density at radius 3 is 2.21 bits per heavy atom. The Kier molecular flexibility index (Phi) is 3.53. The van der Waals surface area contributed by atoms with Crippen LogP contribution in [0.4, 0.5) is 8.78 Å². The number of pyridine rings is 1. The Bertz CT molecular complexity index is 653. The molecular formula is C14H9F2N3. The summed E-state index contributed by atoms with van der Waals surface area (Å²) in [7, 11) is 0. The van der Waals surface area contributed by atoms with Crippen LogP contribution in [-0.4, -0.2) is 4.98 Å². The number of nitrogens with zero attached hydrogens (tertiary/aromatic N) is 2. The second-order valence-electron chi connectivity index (χ2n) is 3.73. The van der Waals surface area contributed by atoms with Gasteiger partial charge >= 0.3 is 0 Å². The molecule has 19 heavy (non-hydrogen) atoms. The van der Waals surface area contributed by atoms with Crippen LogP contribution in [0.2, 0.25) is 0 Å². The molecule has 2 rings (SSSR count). The molecule has 0 radical (unpaired) electrons. The molecule has 5 heteroatoms. The van der Waals surface area contributed by atoms with Gasteiger partial charge in [0.25, 0.3) is 0 Å². The predicted molar refractivity (Wildman–Crippen MR) is 67.2 cm³/mol. The molecule has 1 aromatic carbocycles. The number of nitriles is 1. The maximum absolute atomic E-state index is 13.6. The lowest BCUT2D eigenvalue weighted by atomic mass is 10.0. The first-order chi connectivity index (χ1) is 9.15. The molecule has 0 amide bonds. The Hall–Kier alpha value is -2.74. The van der Waals surface area contributed by atoms with E-state index in [1.54, 1.807) is 12.1 Å². The first kappa shape index (κ1) is 12.7. The summed E-state index contributed by atoms with van der Waals surface area (Å²) in [4.78, 5) is 3.81. The van der Waals surface area contributed by atoms with Gasteiger partial charge in [-0.25, -0.2) is 8.78 Å². The monoisotopic (exact) mass is 257 g/mol. The topological polar surface area (TPSA) is 62.7 Å². The second kappa shape index (κ2) is 5.27. The van der Waals surface area contributed by atoms with Gasteiger partial charge in [-0.1, -0.05) is 6.07 Å². The number of hydrogen-bond donors (Lipinski definition) is 1. The molecule has 2 aromatic rings. The predicted octanol–water partition coefficient (Wildman–Crippen LogP) is 2.71. The normalized spacial score (nSPS) is 11.6. The van der Waals surface area contributed by atoms with Crippen LogP contribution in [0.3, 0.4) is 0 Å². The maximum Gasteiger partial charge on any atom is 0.135 e. The van der Waals surface area contributed by atoms with Crippen LogP contribution in [0.15, 0.2) is 42.7 Å². The van der Waals surface area contributed by atoms with Crippen molar-refractivity contribution >= 4 is 11.3 Å². The molecular weight excluding hydrogens is 248 g/mol. The van der Waals surface area contributed by atoms with Crippen LogP contribution in [0.25, 0.3) is 11.3 Å². The van der Waals surface area contributed by atoms with E-state index in [0.29, 0.717) is 5.56 Å². The standard InChI is InChI=1S/C14H9F2N3/c15-11-2-1-3-12(16)13(11)14(18)10(8-17)9-4-6-19-7-5-9/h1-7H,18H2/b14-10-. The molecule has 0 aliphatic heterocycles. The number of hydrogen-bond acceptors (Lipinski definition) is 3. The molecule has 0 saturated heterocycles. The molecule has 0 aliphatic rings. The van der Waals surface area contributed by atoms with E-state index in [1.165, 1.54) is 18.5 Å². The first-order valence-electron chi connectivity index (χ1n) is 5.39. The quantitative estimate of drug-likeness (QED) is 0.841. The van der Waals surface area contributed by atoms with E-state index in [9.17, 15) is 8.78 Å². The molecule has 0 spiro atoms. The van der Waals surface area contributed by atoms with Gasteiger partial charge in [-0.05, 0) is 29.8 Å². The molecule has 0 fully saturated rings. The van der Waals surface area contributed by atoms with Crippen molar-refractivity contribution < 1.29 is 8.78 Å². The van der Waals surface area contributed by atoms with Crippen molar-refractivity contribution in [3.8, 4) is 6.07 Å². The Morgan fingerprint density at radius 2 is 1.68 bits per heavy atom. The lowest BCUT2D eigenvalue weighted by Gasteiger charge is -2.08. The highest BCUT2D eigenvalue weighted by molar-refractivity contribution is 5.96. The van der Waals surface area contributed by atoms with Gasteiger partial charge in [0.2, 0.25) is 0 Å². The number of rotatable bonds is 2. The molecule has 2 N–H and O–H groups in total. The number of benzene rings is 1. The fraction of sp³-hybridized carbons (Fsp3) is 0. The summed E-state index contributed by atoms with van der Waals surface area (Å²) in [6.07, 6.45) is 2.94. The van der Waals surface area contributed by atoms with Gasteiger partial charge in [-0.15, -0.1) is 0 Å². The minimum Gasteiger partial charge on any atom is -0.397 e. The smallest absolute Gasteiger partial charge is 0.135 e. The number of allylic oxidation sites excluding steroid dienone is 1. The number of aromatic nitrogens is 1. The molecule has 94 valence electrons. The minimum atomic E-state index is -0.806. The van der Waals surface area contributed by atoms with E-state index in [0.717, 1.165) is 12.1 Å². The summed E-state index contributed by atoms with van der Waals surface area (Å²) >= 11 is 0. The fourth-order valence-corrected chi connectivity index (χ4v) is 1.68. The van der Waals surface area contributed by atoms with Crippen LogP contribution >= 0.6 is 0 Å². The largest absolute Gasteiger partial charge is 0.397 e. The summed E-state index contributed by atoms with van der Waals surface area (Å²) < 4.78 is 27.3. The third-order valence-corrected chi connectivity index (χ3v) is 2.58. The molecule has 0 saturated carbocycles. The summed E-state index contributed by atoms with van der Waals surface area (Å²) in [6, 6.07) is 8.37. The van der Waals surface area contributed by atoms with Crippen LogP contribution in [0.1, 0.15) is 11.1 Å². The molecule has 0 aliphatic carbocycles. The lowest BCUT2D eigenvalue weighted by molar-refractivity contribution is 0.576. The Labute approximate surface area is 108 Å². The average molecular weight is 257 g/mol. The van der Waals surface area contributed by atoms with Crippen molar-refractivity contribution in [2.24, 2.45) is 5.73 Å². The van der Waals surface area contributed by atoms with Crippen molar-refractivity contribution in [3.63, 3.8) is 0 Å². The zero-order chi connectivity index (χ0) is 13.8. The van der Waals surface area contributed by atoms with Gasteiger partial charge in [0, 0.05) is 12.4 Å². The highest BCUT2D eigenvalue weighted by Gasteiger charge is 2.16. The van der Waals surface area contributed by atoms with Gasteiger partial charge in [-0.3, -0.25) is 4.98 Å². The Balaban J connectivity index is 2.67. The summed E-state index contributed by atoms with van der Waals surface area (Å²) in [5, 5.41) is 9.14. The van der Waals surface area contributed by atoms with E-state index < -0.39 is 17.2 Å². The van der Waals surface area contributed by atoms with Gasteiger partial charge in [0.15, 0.2) is 0 Å². The van der Waals surface area contributed by atoms with Crippen LogP contribution in [-0.2, 0) is 0 Å².